The van der Waals surface area contributed by atoms with E-state index in [-0.39, 0.29) is 12.1 Å². The molecule has 1 aliphatic carbocycles. The van der Waals surface area contributed by atoms with Gasteiger partial charge < -0.3 is 14.7 Å². The fourth-order valence-corrected chi connectivity index (χ4v) is 4.96. The Balaban J connectivity index is 0.000000706. The van der Waals surface area contributed by atoms with Gasteiger partial charge in [-0.15, -0.1) is 0 Å². The Kier molecular flexibility index (Phi) is 8.25. The quantitative estimate of drug-likeness (QED) is 0.799. The van der Waals surface area contributed by atoms with Gasteiger partial charge in [0.05, 0.1) is 17.9 Å². The van der Waals surface area contributed by atoms with Crippen molar-refractivity contribution in [2.75, 3.05) is 39.3 Å². The van der Waals surface area contributed by atoms with E-state index in [0.717, 1.165) is 32.2 Å². The highest BCUT2D eigenvalue weighted by atomic mass is 16.5. The smallest absolute Gasteiger partial charge is 0.290 e. The summed E-state index contributed by atoms with van der Waals surface area (Å²) in [6.07, 6.45) is 11.6. The van der Waals surface area contributed by atoms with Crippen LogP contribution in [0.1, 0.15) is 50.6 Å². The van der Waals surface area contributed by atoms with E-state index in [0.29, 0.717) is 0 Å². The van der Waals surface area contributed by atoms with Crippen LogP contribution in [0.25, 0.3) is 0 Å². The van der Waals surface area contributed by atoms with E-state index >= 15 is 0 Å². The molecular weight excluding hydrogens is 354 g/mol. The average Bonchev–Trinajstić information content (AvgIpc) is 2.72. The number of aromatic nitrogens is 1. The topological polar surface area (TPSA) is 65.9 Å². The lowest BCUT2D eigenvalue weighted by Crippen LogP contribution is -2.57. The molecule has 3 heterocycles. The van der Waals surface area contributed by atoms with Crippen molar-refractivity contribution in [2.45, 2.75) is 57.1 Å². The molecule has 1 spiro atoms. The molecule has 0 atom stereocenters. The highest BCUT2D eigenvalue weighted by Gasteiger charge is 2.39. The minimum atomic E-state index is -0.250. The lowest BCUT2D eigenvalue weighted by atomic mass is 9.86. The molecule has 0 bridgehead atoms. The number of hydrogen-bond acceptors (Lipinski definition) is 5. The van der Waals surface area contributed by atoms with Crippen LogP contribution in [0.15, 0.2) is 24.4 Å². The summed E-state index contributed by atoms with van der Waals surface area (Å²) in [5, 5.41) is 6.89. The van der Waals surface area contributed by atoms with E-state index in [1.165, 1.54) is 70.3 Å². The lowest BCUT2D eigenvalue weighted by Gasteiger charge is -2.48. The second kappa shape index (κ2) is 10.9. The number of carboxylic acid groups (broad SMARTS) is 1. The normalized spacial score (nSPS) is 23.7. The Morgan fingerprint density at radius 3 is 2.57 bits per heavy atom. The molecule has 6 heteroatoms. The van der Waals surface area contributed by atoms with Crippen molar-refractivity contribution < 1.29 is 14.6 Å². The van der Waals surface area contributed by atoms with Crippen LogP contribution < -0.4 is 0 Å². The molecular formula is C22H35N3O3. The number of carbonyl (C=O) groups is 1. The van der Waals surface area contributed by atoms with Crippen molar-refractivity contribution in [3.63, 3.8) is 0 Å². The van der Waals surface area contributed by atoms with Crippen LogP contribution in [0.3, 0.4) is 0 Å². The molecule has 1 aromatic rings. The van der Waals surface area contributed by atoms with Crippen LogP contribution in [-0.4, -0.2) is 71.3 Å². The van der Waals surface area contributed by atoms with Gasteiger partial charge in [-0.2, -0.15) is 0 Å². The Hall–Kier alpha value is -1.50. The van der Waals surface area contributed by atoms with Crippen LogP contribution in [0.5, 0.6) is 0 Å². The lowest BCUT2D eigenvalue weighted by molar-refractivity contribution is -0.138. The molecule has 1 aromatic heterocycles. The monoisotopic (exact) mass is 389 g/mol. The van der Waals surface area contributed by atoms with Crippen LogP contribution >= 0.6 is 0 Å². The molecule has 0 amide bonds. The first kappa shape index (κ1) is 21.2. The van der Waals surface area contributed by atoms with Gasteiger partial charge in [0.15, 0.2) is 0 Å². The summed E-state index contributed by atoms with van der Waals surface area (Å²) >= 11 is 0. The molecule has 0 radical (unpaired) electrons. The highest BCUT2D eigenvalue weighted by Crippen LogP contribution is 2.32. The van der Waals surface area contributed by atoms with E-state index in [9.17, 15) is 0 Å². The summed E-state index contributed by atoms with van der Waals surface area (Å²) < 4.78 is 6.32. The fraction of sp³-hybridized carbons (Fsp3) is 0.727. The van der Waals surface area contributed by atoms with Gasteiger partial charge in [-0.25, -0.2) is 0 Å². The van der Waals surface area contributed by atoms with E-state index in [4.69, 9.17) is 14.6 Å². The molecule has 156 valence electrons. The number of nitrogens with zero attached hydrogens (tertiary/aromatic N) is 3. The molecule has 2 saturated heterocycles. The molecule has 6 nitrogen and oxygen atoms in total. The largest absolute Gasteiger partial charge is 0.483 e. The molecule has 3 fully saturated rings. The molecule has 1 saturated carbocycles. The zero-order chi connectivity index (χ0) is 19.7. The minimum absolute atomic E-state index is 0.0933. The average molecular weight is 390 g/mol. The van der Waals surface area contributed by atoms with E-state index in [2.05, 4.69) is 26.9 Å². The van der Waals surface area contributed by atoms with Gasteiger partial charge in [0, 0.05) is 45.5 Å². The summed E-state index contributed by atoms with van der Waals surface area (Å²) in [5.41, 5.74) is 1.27. The Bertz CT molecular complexity index is 570. The fourth-order valence-electron chi connectivity index (χ4n) is 4.96. The summed E-state index contributed by atoms with van der Waals surface area (Å²) in [4.78, 5) is 18.1. The standard InChI is InChI=1S/C21H33N3O.CH2O2/c1-2-6-19(7-3-1)16-23-12-9-21(10-13-23)18-24(14-15-25-21)17-20-8-4-5-11-22-20;2-1-3/h4-5,8,11,19H,1-3,6-7,9-10,12-18H2;1H,(H,2,3). The summed E-state index contributed by atoms with van der Waals surface area (Å²) in [7, 11) is 0. The van der Waals surface area contributed by atoms with Crippen LogP contribution in [0.2, 0.25) is 0 Å². The van der Waals surface area contributed by atoms with Crippen molar-refractivity contribution in [2.24, 2.45) is 5.92 Å². The number of piperidine rings is 1. The van der Waals surface area contributed by atoms with Crippen molar-refractivity contribution in [1.29, 1.82) is 0 Å². The Morgan fingerprint density at radius 1 is 1.14 bits per heavy atom. The molecule has 28 heavy (non-hydrogen) atoms. The molecule has 4 rings (SSSR count). The molecule has 0 aromatic carbocycles. The molecule has 3 aliphatic rings. The minimum Gasteiger partial charge on any atom is -0.483 e. The second-order valence-corrected chi connectivity index (χ2v) is 8.47. The van der Waals surface area contributed by atoms with Crippen molar-refractivity contribution in [3.05, 3.63) is 30.1 Å². The first-order chi connectivity index (χ1) is 13.7. The van der Waals surface area contributed by atoms with Gasteiger partial charge in [0.2, 0.25) is 0 Å². The van der Waals surface area contributed by atoms with E-state index in [1.54, 1.807) is 0 Å². The highest BCUT2D eigenvalue weighted by molar-refractivity contribution is 5.32. The van der Waals surface area contributed by atoms with Crippen LogP contribution in [0, 0.1) is 5.92 Å². The first-order valence-corrected chi connectivity index (χ1v) is 10.8. The maximum absolute atomic E-state index is 8.36. The SMILES string of the molecule is O=CO.c1ccc(CN2CCOC3(CCN(CC4CCCCC4)CC3)C2)nc1. The number of pyridine rings is 1. The number of likely N-dealkylation sites (tertiary alicyclic amines) is 1. The first-order valence-electron chi connectivity index (χ1n) is 10.8. The maximum atomic E-state index is 8.36. The predicted molar refractivity (Wildman–Crippen MR) is 109 cm³/mol. The summed E-state index contributed by atoms with van der Waals surface area (Å²) in [5.74, 6) is 0.954. The van der Waals surface area contributed by atoms with Crippen molar-refractivity contribution in [1.82, 2.24) is 14.8 Å². The van der Waals surface area contributed by atoms with Crippen molar-refractivity contribution >= 4 is 6.47 Å². The van der Waals surface area contributed by atoms with Gasteiger partial charge in [0.1, 0.15) is 0 Å². The Labute approximate surface area is 168 Å². The van der Waals surface area contributed by atoms with Gasteiger partial charge in [-0.05, 0) is 43.7 Å². The van der Waals surface area contributed by atoms with Crippen LogP contribution in [-0.2, 0) is 16.1 Å². The number of morpholine rings is 1. The van der Waals surface area contributed by atoms with Gasteiger partial charge in [-0.3, -0.25) is 14.7 Å². The molecule has 2 aliphatic heterocycles. The second-order valence-electron chi connectivity index (χ2n) is 8.47. The van der Waals surface area contributed by atoms with Gasteiger partial charge in [0.25, 0.3) is 6.47 Å². The number of ether oxygens (including phenoxy) is 1. The third-order valence-corrected chi connectivity index (χ3v) is 6.45. The third-order valence-electron chi connectivity index (χ3n) is 6.45. The Morgan fingerprint density at radius 2 is 1.89 bits per heavy atom. The molecule has 0 unspecified atom stereocenters. The zero-order valence-corrected chi connectivity index (χ0v) is 17.0. The maximum Gasteiger partial charge on any atom is 0.290 e. The summed E-state index contributed by atoms with van der Waals surface area (Å²) in [6.45, 7) is 7.44. The number of hydrogen-bond donors (Lipinski definition) is 1. The van der Waals surface area contributed by atoms with E-state index < -0.39 is 0 Å². The summed E-state index contributed by atoms with van der Waals surface area (Å²) in [6, 6.07) is 6.21. The predicted octanol–water partition coefficient (Wildman–Crippen LogP) is 3.03. The van der Waals surface area contributed by atoms with Crippen molar-refractivity contribution in [3.8, 4) is 0 Å². The number of rotatable bonds is 4. The van der Waals surface area contributed by atoms with E-state index in [1.807, 2.05) is 12.3 Å². The van der Waals surface area contributed by atoms with Gasteiger partial charge in [-0.1, -0.05) is 25.3 Å². The third kappa shape index (κ3) is 6.26. The molecule has 1 N–H and O–H groups in total. The van der Waals surface area contributed by atoms with Gasteiger partial charge >= 0.3 is 0 Å². The zero-order valence-electron chi connectivity index (χ0n) is 17.0. The van der Waals surface area contributed by atoms with Crippen LogP contribution in [0.4, 0.5) is 0 Å².